The molecule has 19 heavy (non-hydrogen) atoms. The van der Waals surface area contributed by atoms with Gasteiger partial charge in [0.25, 0.3) is 0 Å². The van der Waals surface area contributed by atoms with Crippen LogP contribution >= 0.6 is 0 Å². The molecular formula is C13H19N5O. The number of aromatic nitrogens is 2. The molecule has 0 radical (unpaired) electrons. The molecule has 2 N–H and O–H groups in total. The first-order chi connectivity index (χ1) is 9.15. The number of rotatable bonds is 3. The molecule has 0 amide bonds. The van der Waals surface area contributed by atoms with Crippen LogP contribution in [0.4, 0.5) is 5.82 Å². The summed E-state index contributed by atoms with van der Waals surface area (Å²) in [6, 6.07) is 2.02. The molecule has 0 bridgehead atoms. The smallest absolute Gasteiger partial charge is 0.161 e. The predicted octanol–water partition coefficient (Wildman–Crippen LogP) is 1.02. The zero-order chi connectivity index (χ0) is 13.8. The fraction of sp³-hybridized carbons (Fsp3) is 0.615. The van der Waals surface area contributed by atoms with E-state index in [9.17, 15) is 0 Å². The summed E-state index contributed by atoms with van der Waals surface area (Å²) in [5.41, 5.74) is 6.75. The summed E-state index contributed by atoms with van der Waals surface area (Å²) in [6.07, 6.45) is 0.955. The molecule has 1 fully saturated rings. The maximum absolute atomic E-state index is 8.96. The van der Waals surface area contributed by atoms with E-state index in [1.807, 2.05) is 6.07 Å². The third-order valence-electron chi connectivity index (χ3n) is 3.23. The predicted molar refractivity (Wildman–Crippen MR) is 71.3 cm³/mol. The van der Waals surface area contributed by atoms with Gasteiger partial charge in [-0.25, -0.2) is 9.97 Å². The lowest BCUT2D eigenvalue weighted by molar-refractivity contribution is -0.0342. The quantitative estimate of drug-likeness (QED) is 0.874. The topological polar surface area (TPSA) is 88.1 Å². The van der Waals surface area contributed by atoms with Crippen molar-refractivity contribution in [3.8, 4) is 6.07 Å². The van der Waals surface area contributed by atoms with Gasteiger partial charge in [-0.15, -0.1) is 0 Å². The number of morpholine rings is 1. The Hall–Kier alpha value is -1.71. The average Bonchev–Trinajstić information content (AvgIpc) is 2.39. The van der Waals surface area contributed by atoms with Crippen LogP contribution in [0.3, 0.4) is 0 Å². The van der Waals surface area contributed by atoms with E-state index in [0.717, 1.165) is 26.1 Å². The van der Waals surface area contributed by atoms with Gasteiger partial charge in [0.15, 0.2) is 5.82 Å². The fourth-order valence-electron chi connectivity index (χ4n) is 2.28. The first-order valence-electron chi connectivity index (χ1n) is 6.53. The van der Waals surface area contributed by atoms with E-state index in [1.165, 1.54) is 0 Å². The molecule has 1 saturated heterocycles. The van der Waals surface area contributed by atoms with Crippen molar-refractivity contribution >= 4 is 5.82 Å². The summed E-state index contributed by atoms with van der Waals surface area (Å²) in [5, 5.41) is 8.96. The van der Waals surface area contributed by atoms with E-state index in [1.54, 1.807) is 6.92 Å². The van der Waals surface area contributed by atoms with Crippen LogP contribution in [0.1, 0.15) is 36.5 Å². The lowest BCUT2D eigenvalue weighted by Gasteiger charge is -2.32. The Morgan fingerprint density at radius 1 is 1.53 bits per heavy atom. The van der Waals surface area contributed by atoms with Gasteiger partial charge in [-0.1, -0.05) is 6.92 Å². The summed E-state index contributed by atoms with van der Waals surface area (Å²) in [5.74, 6) is 0.816. The van der Waals surface area contributed by atoms with E-state index in [4.69, 9.17) is 15.7 Å². The summed E-state index contributed by atoms with van der Waals surface area (Å²) in [4.78, 5) is 10.9. The van der Waals surface area contributed by atoms with Crippen LogP contribution in [0.5, 0.6) is 0 Å². The molecule has 2 heterocycles. The summed E-state index contributed by atoms with van der Waals surface area (Å²) >= 11 is 0. The maximum Gasteiger partial charge on any atom is 0.161 e. The largest absolute Gasteiger partial charge is 0.382 e. The number of nitriles is 1. The van der Waals surface area contributed by atoms with Gasteiger partial charge in [0, 0.05) is 13.1 Å². The van der Waals surface area contributed by atoms with Crippen LogP contribution in [0.15, 0.2) is 0 Å². The highest BCUT2D eigenvalue weighted by molar-refractivity contribution is 5.50. The molecule has 1 aromatic rings. The molecule has 0 aliphatic carbocycles. The summed E-state index contributed by atoms with van der Waals surface area (Å²) < 4.78 is 5.72. The monoisotopic (exact) mass is 261 g/mol. The molecule has 1 aliphatic rings. The molecule has 0 spiro atoms. The van der Waals surface area contributed by atoms with Gasteiger partial charge >= 0.3 is 0 Å². The molecule has 1 aromatic heterocycles. The van der Waals surface area contributed by atoms with Crippen molar-refractivity contribution in [3.63, 3.8) is 0 Å². The van der Waals surface area contributed by atoms with Crippen molar-refractivity contribution < 1.29 is 4.74 Å². The average molecular weight is 261 g/mol. The summed E-state index contributed by atoms with van der Waals surface area (Å²) in [6.45, 7) is 7.36. The third kappa shape index (κ3) is 3.00. The van der Waals surface area contributed by atoms with Crippen LogP contribution in [-0.4, -0.2) is 41.1 Å². The maximum atomic E-state index is 8.96. The Balaban J connectivity index is 2.20. The van der Waals surface area contributed by atoms with Gasteiger partial charge < -0.3 is 10.5 Å². The number of ether oxygens (including phenoxy) is 1. The van der Waals surface area contributed by atoms with E-state index >= 15 is 0 Å². The Morgan fingerprint density at radius 3 is 2.95 bits per heavy atom. The van der Waals surface area contributed by atoms with Crippen molar-refractivity contribution in [1.29, 1.82) is 5.26 Å². The molecule has 1 atom stereocenters. The van der Waals surface area contributed by atoms with Crippen molar-refractivity contribution in [1.82, 2.24) is 14.9 Å². The molecule has 1 aliphatic heterocycles. The Kier molecular flexibility index (Phi) is 4.30. The minimum atomic E-state index is -0.158. The molecule has 6 heteroatoms. The van der Waals surface area contributed by atoms with Crippen LogP contribution < -0.4 is 5.73 Å². The van der Waals surface area contributed by atoms with Gasteiger partial charge in [-0.3, -0.25) is 4.90 Å². The fourth-order valence-corrected chi connectivity index (χ4v) is 2.28. The molecule has 2 rings (SSSR count). The molecule has 0 saturated carbocycles. The Labute approximate surface area is 113 Å². The molecular weight excluding hydrogens is 242 g/mol. The first-order valence-corrected chi connectivity index (χ1v) is 6.53. The molecule has 1 unspecified atom stereocenters. The number of nitrogen functional groups attached to an aromatic ring is 1. The molecule has 102 valence electrons. The van der Waals surface area contributed by atoms with Gasteiger partial charge in [0.1, 0.15) is 23.6 Å². The van der Waals surface area contributed by atoms with Crippen molar-refractivity contribution in [2.24, 2.45) is 0 Å². The van der Waals surface area contributed by atoms with Gasteiger partial charge in [0.05, 0.1) is 12.3 Å². The number of anilines is 1. The van der Waals surface area contributed by atoms with Crippen molar-refractivity contribution in [3.05, 3.63) is 17.1 Å². The van der Waals surface area contributed by atoms with Gasteiger partial charge in [-0.2, -0.15) is 5.26 Å². The van der Waals surface area contributed by atoms with E-state index in [-0.39, 0.29) is 11.9 Å². The number of hydrogen-bond donors (Lipinski definition) is 1. The Bertz CT molecular complexity index is 471. The zero-order valence-electron chi connectivity index (χ0n) is 11.4. The highest BCUT2D eigenvalue weighted by atomic mass is 16.5. The lowest BCUT2D eigenvalue weighted by Crippen LogP contribution is -2.39. The number of aryl methyl sites for hydroxylation is 1. The van der Waals surface area contributed by atoms with Crippen LogP contribution in [0.2, 0.25) is 0 Å². The van der Waals surface area contributed by atoms with E-state index < -0.39 is 0 Å². The minimum absolute atomic E-state index is 0.158. The normalized spacial score (nSPS) is 20.2. The van der Waals surface area contributed by atoms with Crippen molar-refractivity contribution in [2.75, 3.05) is 32.0 Å². The number of nitrogens with two attached hydrogens (primary N) is 1. The highest BCUT2D eigenvalue weighted by Gasteiger charge is 2.25. The second-order valence-corrected chi connectivity index (χ2v) is 4.70. The first kappa shape index (κ1) is 13.7. The van der Waals surface area contributed by atoms with Crippen molar-refractivity contribution in [2.45, 2.75) is 26.4 Å². The summed E-state index contributed by atoms with van der Waals surface area (Å²) in [7, 11) is 0. The van der Waals surface area contributed by atoms with E-state index in [0.29, 0.717) is 23.7 Å². The Morgan fingerprint density at radius 2 is 2.32 bits per heavy atom. The number of nitrogens with zero attached hydrogens (tertiary/aromatic N) is 4. The van der Waals surface area contributed by atoms with Crippen LogP contribution in [0.25, 0.3) is 0 Å². The van der Waals surface area contributed by atoms with Gasteiger partial charge in [-0.05, 0) is 19.9 Å². The minimum Gasteiger partial charge on any atom is -0.382 e. The molecule has 6 nitrogen and oxygen atoms in total. The standard InChI is InChI=1S/C13H19N5O/c1-3-4-18-5-6-19-11(8-18)13-16-9(2)10(7-14)12(15)17-13/h11H,3-6,8H2,1-2H3,(H2,15,16,17). The van der Waals surface area contributed by atoms with E-state index in [2.05, 4.69) is 21.8 Å². The molecule has 0 aromatic carbocycles. The highest BCUT2D eigenvalue weighted by Crippen LogP contribution is 2.22. The lowest BCUT2D eigenvalue weighted by atomic mass is 10.2. The third-order valence-corrected chi connectivity index (χ3v) is 3.23. The van der Waals surface area contributed by atoms with Crippen LogP contribution in [0, 0.1) is 18.3 Å². The van der Waals surface area contributed by atoms with Gasteiger partial charge in [0.2, 0.25) is 0 Å². The van der Waals surface area contributed by atoms with Crippen LogP contribution in [-0.2, 0) is 4.74 Å². The zero-order valence-corrected chi connectivity index (χ0v) is 11.4. The SMILES string of the molecule is CCCN1CCOC(c2nc(C)c(C#N)c(N)n2)C1. The second kappa shape index (κ2) is 5.95. The second-order valence-electron chi connectivity index (χ2n) is 4.70. The number of hydrogen-bond acceptors (Lipinski definition) is 6.